The summed E-state index contributed by atoms with van der Waals surface area (Å²) < 4.78 is 5.12. The quantitative estimate of drug-likeness (QED) is 0.113. The number of rotatable bonds is 12. The van der Waals surface area contributed by atoms with Gasteiger partial charge in [0.25, 0.3) is 13.4 Å². The second kappa shape index (κ2) is 24.2. The number of anilines is 18. The van der Waals surface area contributed by atoms with Crippen molar-refractivity contribution in [3.63, 3.8) is 0 Å². The fraction of sp³-hybridized carbons (Fsp3) is 0. The van der Waals surface area contributed by atoms with E-state index in [2.05, 4.69) is 393 Å². The number of hydrogen-bond donors (Lipinski definition) is 0. The van der Waals surface area contributed by atoms with Gasteiger partial charge in [0, 0.05) is 108 Å². The molecule has 4 aliphatic heterocycles. The summed E-state index contributed by atoms with van der Waals surface area (Å²) in [5.41, 5.74) is 27.8. The van der Waals surface area contributed by atoms with E-state index in [0.29, 0.717) is 0 Å². The number of thiophene rings is 3. The summed E-state index contributed by atoms with van der Waals surface area (Å²) in [7, 11) is 0. The molecule has 0 unspecified atom stereocenters. The topological polar surface area (TPSA) is 19.4 Å². The normalized spacial score (nSPS) is 12.9. The summed E-state index contributed by atoms with van der Waals surface area (Å²) in [4.78, 5) is 17.6. The number of fused-ring (bicyclic) bond motifs is 11. The van der Waals surface area contributed by atoms with E-state index in [1.165, 1.54) is 95.2 Å². The van der Waals surface area contributed by atoms with E-state index >= 15 is 0 Å². The molecular formula is C92H60B2N6S3. The van der Waals surface area contributed by atoms with Crippen molar-refractivity contribution in [3.05, 3.63) is 364 Å². The fourth-order valence-electron chi connectivity index (χ4n) is 16.6. The molecule has 21 rings (SSSR count). The molecule has 7 heterocycles. The molecule has 0 spiro atoms. The lowest BCUT2D eigenvalue weighted by Crippen LogP contribution is -2.60. The summed E-state index contributed by atoms with van der Waals surface area (Å²) >= 11 is 5.78. The minimum Gasteiger partial charge on any atom is -0.311 e. The van der Waals surface area contributed by atoms with Crippen LogP contribution in [0.3, 0.4) is 0 Å². The lowest BCUT2D eigenvalue weighted by Gasteiger charge is -2.44. The molecule has 4 aliphatic rings. The minimum atomic E-state index is -0.138. The van der Waals surface area contributed by atoms with Crippen molar-refractivity contribution in [2.45, 2.75) is 0 Å². The van der Waals surface area contributed by atoms with Crippen LogP contribution in [0, 0.1) is 0 Å². The molecule has 11 heteroatoms. The first kappa shape index (κ1) is 59.5. The van der Waals surface area contributed by atoms with E-state index in [1.54, 1.807) is 0 Å². The summed E-state index contributed by atoms with van der Waals surface area (Å²) in [5.74, 6) is 0. The maximum atomic E-state index is 2.62. The molecule has 0 bridgehead atoms. The smallest absolute Gasteiger partial charge is 0.264 e. The van der Waals surface area contributed by atoms with Gasteiger partial charge in [-0.1, -0.05) is 218 Å². The van der Waals surface area contributed by atoms with Crippen LogP contribution in [0.2, 0.25) is 0 Å². The van der Waals surface area contributed by atoms with Crippen LogP contribution < -0.4 is 60.8 Å². The van der Waals surface area contributed by atoms with Crippen LogP contribution in [-0.4, -0.2) is 13.4 Å². The van der Waals surface area contributed by atoms with Crippen molar-refractivity contribution >= 4 is 201 Å². The van der Waals surface area contributed by atoms with E-state index in [0.717, 1.165) is 79.6 Å². The van der Waals surface area contributed by atoms with Crippen LogP contribution in [0.4, 0.5) is 102 Å². The second-order valence-corrected chi connectivity index (χ2v) is 30.0. The van der Waals surface area contributed by atoms with Crippen LogP contribution >= 0.6 is 34.0 Å². The first-order valence-electron chi connectivity index (χ1n) is 35.1. The van der Waals surface area contributed by atoms with Crippen LogP contribution in [0.15, 0.2) is 364 Å². The predicted octanol–water partition coefficient (Wildman–Crippen LogP) is 22.6. The van der Waals surface area contributed by atoms with Gasteiger partial charge in [-0.3, -0.25) is 0 Å². The van der Waals surface area contributed by atoms with Crippen molar-refractivity contribution < 1.29 is 0 Å². The predicted molar refractivity (Wildman–Crippen MR) is 443 cm³/mol. The van der Waals surface area contributed by atoms with Gasteiger partial charge >= 0.3 is 0 Å². The summed E-state index contributed by atoms with van der Waals surface area (Å²) in [5, 5.41) is 2.52. The van der Waals surface area contributed by atoms with Gasteiger partial charge in [-0.2, -0.15) is 0 Å². The van der Waals surface area contributed by atoms with Crippen molar-refractivity contribution in [1.29, 1.82) is 0 Å². The summed E-state index contributed by atoms with van der Waals surface area (Å²) in [6.45, 7) is -0.275. The highest BCUT2D eigenvalue weighted by molar-refractivity contribution is 7.32. The Labute approximate surface area is 611 Å². The van der Waals surface area contributed by atoms with Gasteiger partial charge < -0.3 is 29.4 Å². The van der Waals surface area contributed by atoms with Gasteiger partial charge in [0.2, 0.25) is 0 Å². The van der Waals surface area contributed by atoms with Crippen LogP contribution in [0.25, 0.3) is 41.1 Å². The maximum Gasteiger partial charge on any atom is 0.264 e. The first-order valence-corrected chi connectivity index (χ1v) is 37.6. The van der Waals surface area contributed by atoms with Crippen LogP contribution in [0.5, 0.6) is 0 Å². The van der Waals surface area contributed by atoms with E-state index in [-0.39, 0.29) is 13.4 Å². The molecule has 14 aromatic carbocycles. The molecule has 17 aromatic rings. The molecule has 0 saturated heterocycles. The highest BCUT2D eigenvalue weighted by Gasteiger charge is 2.48. The number of hydrogen-bond acceptors (Lipinski definition) is 9. The molecule has 0 aliphatic carbocycles. The van der Waals surface area contributed by atoms with Crippen molar-refractivity contribution in [2.24, 2.45) is 0 Å². The lowest BCUT2D eigenvalue weighted by atomic mass is 9.36. The molecule has 482 valence electrons. The Kier molecular flexibility index (Phi) is 14.0. The Morgan fingerprint density at radius 2 is 0.485 bits per heavy atom. The Morgan fingerprint density at radius 3 is 0.777 bits per heavy atom. The van der Waals surface area contributed by atoms with Crippen molar-refractivity contribution in [2.75, 3.05) is 29.4 Å². The number of nitrogens with zero attached hydrogens (tertiary/aromatic N) is 6. The van der Waals surface area contributed by atoms with Gasteiger partial charge in [0.05, 0.1) is 22.7 Å². The Balaban J connectivity index is 0.852. The molecule has 6 nitrogen and oxygen atoms in total. The van der Waals surface area contributed by atoms with E-state index in [1.807, 2.05) is 34.0 Å². The second-order valence-electron chi connectivity index (χ2n) is 26.7. The fourth-order valence-corrected chi connectivity index (χ4v) is 20.3. The third-order valence-corrected chi connectivity index (χ3v) is 24.5. The van der Waals surface area contributed by atoms with Crippen molar-refractivity contribution in [3.8, 4) is 20.9 Å². The summed E-state index contributed by atoms with van der Waals surface area (Å²) in [6.07, 6.45) is 0. The zero-order valence-corrected chi connectivity index (χ0v) is 58.2. The first-order chi connectivity index (χ1) is 51.1. The molecule has 0 saturated carbocycles. The standard InChI is InChI=1S/C92H60B2N6S3/c1-11-31-61(32-12-1)85-59-83-91(102-85)93-75-55-73-74-56-76-78(58-88(74)101-87(73)57-77(75)97(67-43-23-7-24-44-67)79-51-71(53-81(89(79)93)99(83)69-47-27-9-28-48-69)95(63-35-15-3-16-36-63)64-37-17-4-18-38-64)98(68-45-25-8-26-46-68)80-52-72(96(65-39-19-5-20-40-65)66-41-21-6-22-42-66)54-82-90(80)94(76)92-84(100(82)70-49-29-10-30-50-70)60-86(103-92)62-33-13-2-14-34-62/h1-60H. The zero-order chi connectivity index (χ0) is 67.6. The van der Waals surface area contributed by atoms with Gasteiger partial charge in [-0.25, -0.2) is 0 Å². The van der Waals surface area contributed by atoms with Gasteiger partial charge in [0.15, 0.2) is 0 Å². The zero-order valence-electron chi connectivity index (χ0n) is 55.7. The largest absolute Gasteiger partial charge is 0.311 e. The Bertz CT molecular complexity index is 5640. The average Bonchev–Trinajstić information content (AvgIpc) is 1.68. The number of benzene rings is 14. The Morgan fingerprint density at radius 1 is 0.223 bits per heavy atom. The molecule has 0 N–H and O–H groups in total. The molecule has 0 radical (unpaired) electrons. The molecule has 0 fully saturated rings. The molecule has 0 amide bonds. The molecule has 0 atom stereocenters. The van der Waals surface area contributed by atoms with Gasteiger partial charge in [-0.05, 0) is 189 Å². The highest BCUT2D eigenvalue weighted by Crippen LogP contribution is 2.54. The van der Waals surface area contributed by atoms with Crippen LogP contribution in [0.1, 0.15) is 0 Å². The van der Waals surface area contributed by atoms with Gasteiger partial charge in [0.1, 0.15) is 0 Å². The Hall–Kier alpha value is -12.4. The van der Waals surface area contributed by atoms with Crippen LogP contribution in [-0.2, 0) is 0 Å². The summed E-state index contributed by atoms with van der Waals surface area (Å²) in [6, 6.07) is 135. The van der Waals surface area contributed by atoms with Gasteiger partial charge in [-0.15, -0.1) is 34.0 Å². The van der Waals surface area contributed by atoms with Crippen molar-refractivity contribution in [1.82, 2.24) is 0 Å². The molecule has 3 aromatic heterocycles. The molecule has 103 heavy (non-hydrogen) atoms. The van der Waals surface area contributed by atoms with E-state index in [9.17, 15) is 0 Å². The molecular weight excluding hydrogens is 1310 g/mol. The maximum absolute atomic E-state index is 2.62. The van der Waals surface area contributed by atoms with E-state index < -0.39 is 0 Å². The monoisotopic (exact) mass is 1370 g/mol. The highest BCUT2D eigenvalue weighted by atomic mass is 32.1. The third kappa shape index (κ3) is 9.61. The lowest BCUT2D eigenvalue weighted by molar-refractivity contribution is 1.23. The SMILES string of the molecule is c1ccc(-c2cc3c(s2)B2c4cc5c(cc4N(c4ccccc4)c4cc(N(c6ccccc6)c6ccccc6)cc(c42)N3c2ccccc2)sc2cc3c(cc25)B2c4sc(-c5ccccc5)cc4N(c4ccccc4)c4cc(N(c5ccccc5)c5ccccc5)cc(c42)N3c2ccccc2)cc1. The van der Waals surface area contributed by atoms with E-state index in [4.69, 9.17) is 0 Å². The third-order valence-electron chi connectivity index (χ3n) is 20.9. The minimum absolute atomic E-state index is 0.138. The number of para-hydroxylation sites is 8. The average molecular weight is 1370 g/mol.